The molecule has 74 valence electrons. The molecule has 14 heavy (non-hydrogen) atoms. The zero-order valence-electron chi connectivity index (χ0n) is 8.15. The third-order valence-electron chi connectivity index (χ3n) is 1.88. The van der Waals surface area contributed by atoms with E-state index in [9.17, 15) is 0 Å². The second kappa shape index (κ2) is 6.06. The first-order chi connectivity index (χ1) is 6.83. The summed E-state index contributed by atoms with van der Waals surface area (Å²) >= 11 is 0. The molecule has 2 heteroatoms. The Labute approximate surface area is 85.1 Å². The van der Waals surface area contributed by atoms with Crippen LogP contribution in [-0.4, -0.2) is 12.6 Å². The van der Waals surface area contributed by atoms with Crippen molar-refractivity contribution in [1.82, 2.24) is 0 Å². The van der Waals surface area contributed by atoms with Crippen molar-refractivity contribution >= 4 is 0 Å². The molecule has 1 unspecified atom stereocenters. The van der Waals surface area contributed by atoms with Crippen LogP contribution in [0.1, 0.15) is 12.8 Å². The summed E-state index contributed by atoms with van der Waals surface area (Å²) in [5.41, 5.74) is 5.73. The second-order valence-electron chi connectivity index (χ2n) is 3.12. The Hall–Kier alpha value is -1.46. The van der Waals surface area contributed by atoms with Gasteiger partial charge in [0.2, 0.25) is 0 Å². The molecule has 1 atom stereocenters. The first-order valence-electron chi connectivity index (χ1n) is 4.70. The molecule has 0 heterocycles. The fourth-order valence-electron chi connectivity index (χ4n) is 1.10. The number of ether oxygens (including phenoxy) is 1. The predicted molar refractivity (Wildman–Crippen MR) is 58.0 cm³/mol. The molecular weight excluding hydrogens is 174 g/mol. The summed E-state index contributed by atoms with van der Waals surface area (Å²) in [6.07, 6.45) is 6.54. The fraction of sp³-hybridized carbons (Fsp3) is 0.333. The predicted octanol–water partition coefficient (Wildman–Crippen LogP) is 1.81. The summed E-state index contributed by atoms with van der Waals surface area (Å²) in [7, 11) is 0. The number of para-hydroxylation sites is 1. The minimum atomic E-state index is 0.0451. The summed E-state index contributed by atoms with van der Waals surface area (Å²) in [6.45, 7) is 0.618. The van der Waals surface area contributed by atoms with E-state index in [4.69, 9.17) is 16.9 Å². The smallest absolute Gasteiger partial charge is 0.119 e. The molecule has 0 aromatic heterocycles. The summed E-state index contributed by atoms with van der Waals surface area (Å²) in [5.74, 6) is 3.41. The van der Waals surface area contributed by atoms with Gasteiger partial charge in [-0.15, -0.1) is 12.3 Å². The minimum Gasteiger partial charge on any atom is -0.494 e. The van der Waals surface area contributed by atoms with E-state index in [1.807, 2.05) is 30.3 Å². The molecule has 0 radical (unpaired) electrons. The maximum atomic E-state index is 5.73. The highest BCUT2D eigenvalue weighted by Crippen LogP contribution is 2.08. The normalized spacial score (nSPS) is 11.7. The summed E-state index contributed by atoms with van der Waals surface area (Å²) in [5, 5.41) is 0. The van der Waals surface area contributed by atoms with Crippen molar-refractivity contribution in [3.8, 4) is 18.1 Å². The molecule has 0 saturated heterocycles. The van der Waals surface area contributed by atoms with Crippen LogP contribution in [-0.2, 0) is 0 Å². The molecule has 0 bridgehead atoms. The van der Waals surface area contributed by atoms with Gasteiger partial charge in [-0.25, -0.2) is 0 Å². The van der Waals surface area contributed by atoms with Gasteiger partial charge in [0.1, 0.15) is 5.75 Å². The number of benzene rings is 1. The lowest BCUT2D eigenvalue weighted by Gasteiger charge is -2.09. The van der Waals surface area contributed by atoms with Crippen molar-refractivity contribution in [2.75, 3.05) is 6.61 Å². The lowest BCUT2D eigenvalue weighted by molar-refractivity contribution is 0.298. The largest absolute Gasteiger partial charge is 0.494 e. The van der Waals surface area contributed by atoms with E-state index in [-0.39, 0.29) is 6.04 Å². The highest BCUT2D eigenvalue weighted by Gasteiger charge is 2.00. The summed E-state index contributed by atoms with van der Waals surface area (Å²) in [6, 6.07) is 9.73. The first kappa shape index (κ1) is 10.6. The van der Waals surface area contributed by atoms with Gasteiger partial charge in [-0.2, -0.15) is 0 Å². The van der Waals surface area contributed by atoms with Gasteiger partial charge in [0.25, 0.3) is 0 Å². The van der Waals surface area contributed by atoms with Crippen LogP contribution < -0.4 is 10.5 Å². The molecular formula is C12H15NO. The van der Waals surface area contributed by atoms with Gasteiger partial charge in [-0.3, -0.25) is 0 Å². The molecule has 0 amide bonds. The van der Waals surface area contributed by atoms with E-state index < -0.39 is 0 Å². The molecule has 0 saturated carbocycles. The fourth-order valence-corrected chi connectivity index (χ4v) is 1.10. The molecule has 0 fully saturated rings. The molecule has 1 aromatic carbocycles. The number of nitrogens with two attached hydrogens (primary N) is 1. The second-order valence-corrected chi connectivity index (χ2v) is 3.12. The van der Waals surface area contributed by atoms with Crippen LogP contribution in [0.4, 0.5) is 0 Å². The van der Waals surface area contributed by atoms with E-state index in [0.717, 1.165) is 12.2 Å². The zero-order valence-corrected chi connectivity index (χ0v) is 8.15. The van der Waals surface area contributed by atoms with Gasteiger partial charge < -0.3 is 10.5 Å². The molecule has 0 aliphatic rings. The van der Waals surface area contributed by atoms with Crippen LogP contribution in [0.25, 0.3) is 0 Å². The van der Waals surface area contributed by atoms with E-state index in [2.05, 4.69) is 5.92 Å². The number of hydrogen-bond donors (Lipinski definition) is 1. The average Bonchev–Trinajstić information content (AvgIpc) is 2.20. The minimum absolute atomic E-state index is 0.0451. The monoisotopic (exact) mass is 189 g/mol. The first-order valence-corrected chi connectivity index (χ1v) is 4.70. The van der Waals surface area contributed by atoms with Crippen molar-refractivity contribution in [3.05, 3.63) is 30.3 Å². The van der Waals surface area contributed by atoms with Gasteiger partial charge in [0.05, 0.1) is 6.61 Å². The topological polar surface area (TPSA) is 35.2 Å². The van der Waals surface area contributed by atoms with E-state index in [0.29, 0.717) is 13.0 Å². The Morgan fingerprint density at radius 2 is 2.07 bits per heavy atom. The van der Waals surface area contributed by atoms with Crippen molar-refractivity contribution in [2.45, 2.75) is 18.9 Å². The third kappa shape index (κ3) is 3.97. The van der Waals surface area contributed by atoms with Crippen LogP contribution in [0.15, 0.2) is 30.3 Å². The Morgan fingerprint density at radius 3 is 2.71 bits per heavy atom. The van der Waals surface area contributed by atoms with E-state index >= 15 is 0 Å². The highest BCUT2D eigenvalue weighted by molar-refractivity contribution is 5.20. The van der Waals surface area contributed by atoms with E-state index in [1.165, 1.54) is 0 Å². The van der Waals surface area contributed by atoms with Gasteiger partial charge in [-0.05, 0) is 18.6 Å². The summed E-state index contributed by atoms with van der Waals surface area (Å²) in [4.78, 5) is 0. The van der Waals surface area contributed by atoms with Gasteiger partial charge in [0, 0.05) is 12.5 Å². The molecule has 1 aromatic rings. The maximum Gasteiger partial charge on any atom is 0.119 e. The van der Waals surface area contributed by atoms with Crippen LogP contribution in [0.5, 0.6) is 5.75 Å². The molecule has 0 aliphatic heterocycles. The maximum absolute atomic E-state index is 5.73. The van der Waals surface area contributed by atoms with Crippen LogP contribution in [0.3, 0.4) is 0 Å². The summed E-state index contributed by atoms with van der Waals surface area (Å²) < 4.78 is 5.47. The molecule has 0 spiro atoms. The van der Waals surface area contributed by atoms with Gasteiger partial charge in [-0.1, -0.05) is 18.2 Å². The van der Waals surface area contributed by atoms with Crippen LogP contribution in [0, 0.1) is 12.3 Å². The van der Waals surface area contributed by atoms with Gasteiger partial charge >= 0.3 is 0 Å². The quantitative estimate of drug-likeness (QED) is 0.717. The SMILES string of the molecule is C#CCC(N)CCOc1ccccc1. The average molecular weight is 189 g/mol. The standard InChI is InChI=1S/C12H15NO/c1-2-6-11(13)9-10-14-12-7-4-3-5-8-12/h1,3-5,7-8,11H,6,9-10,13H2. The van der Waals surface area contributed by atoms with Crippen molar-refractivity contribution in [3.63, 3.8) is 0 Å². The van der Waals surface area contributed by atoms with E-state index in [1.54, 1.807) is 0 Å². The highest BCUT2D eigenvalue weighted by atomic mass is 16.5. The Bertz CT molecular complexity index is 289. The lowest BCUT2D eigenvalue weighted by atomic mass is 10.2. The molecule has 0 aliphatic carbocycles. The Morgan fingerprint density at radius 1 is 1.36 bits per heavy atom. The van der Waals surface area contributed by atoms with Crippen LogP contribution >= 0.6 is 0 Å². The van der Waals surface area contributed by atoms with Gasteiger partial charge in [0.15, 0.2) is 0 Å². The Kier molecular flexibility index (Phi) is 4.60. The number of terminal acetylenes is 1. The molecule has 1 rings (SSSR count). The van der Waals surface area contributed by atoms with Crippen molar-refractivity contribution < 1.29 is 4.74 Å². The third-order valence-corrected chi connectivity index (χ3v) is 1.88. The lowest BCUT2D eigenvalue weighted by Crippen LogP contribution is -2.21. The van der Waals surface area contributed by atoms with Crippen LogP contribution in [0.2, 0.25) is 0 Å². The van der Waals surface area contributed by atoms with Crippen molar-refractivity contribution in [2.24, 2.45) is 5.73 Å². The zero-order chi connectivity index (χ0) is 10.2. The Balaban J connectivity index is 2.19. The number of rotatable bonds is 5. The van der Waals surface area contributed by atoms with Crippen molar-refractivity contribution in [1.29, 1.82) is 0 Å². The number of hydrogen-bond acceptors (Lipinski definition) is 2. The molecule has 2 nitrogen and oxygen atoms in total. The molecule has 2 N–H and O–H groups in total.